The van der Waals surface area contributed by atoms with Crippen molar-refractivity contribution in [3.05, 3.63) is 90.5 Å². The fourth-order valence-corrected chi connectivity index (χ4v) is 4.53. The molecule has 168 valence electrons. The van der Waals surface area contributed by atoms with Crippen LogP contribution in [0.5, 0.6) is 0 Å². The highest BCUT2D eigenvalue weighted by molar-refractivity contribution is 7.99. The maximum absolute atomic E-state index is 12.5. The van der Waals surface area contributed by atoms with Crippen molar-refractivity contribution < 1.29 is 4.79 Å². The summed E-state index contributed by atoms with van der Waals surface area (Å²) in [6.45, 7) is 1.97. The number of para-hydroxylation sites is 2. The van der Waals surface area contributed by atoms with Crippen LogP contribution in [0.2, 0.25) is 0 Å². The molecule has 0 saturated heterocycles. The van der Waals surface area contributed by atoms with Crippen LogP contribution >= 0.6 is 11.8 Å². The number of benzene rings is 3. The third kappa shape index (κ3) is 4.43. The van der Waals surface area contributed by atoms with Gasteiger partial charge in [0.25, 0.3) is 0 Å². The number of amides is 1. The number of thioether (sulfide) groups is 1. The van der Waals surface area contributed by atoms with Gasteiger partial charge in [-0.2, -0.15) is 0 Å². The molecule has 0 saturated carbocycles. The fourth-order valence-electron chi connectivity index (χ4n) is 3.82. The first-order valence-corrected chi connectivity index (χ1v) is 11.9. The van der Waals surface area contributed by atoms with E-state index in [4.69, 9.17) is 4.98 Å². The second-order valence-corrected chi connectivity index (χ2v) is 8.90. The van der Waals surface area contributed by atoms with Crippen molar-refractivity contribution >= 4 is 34.3 Å². The molecule has 0 aliphatic heterocycles. The maximum Gasteiger partial charge on any atom is 0.234 e. The van der Waals surface area contributed by atoms with Crippen LogP contribution in [0.3, 0.4) is 0 Å². The van der Waals surface area contributed by atoms with E-state index in [2.05, 4.69) is 21.6 Å². The first-order chi connectivity index (χ1) is 16.6. The first-order valence-electron chi connectivity index (χ1n) is 10.9. The van der Waals surface area contributed by atoms with Gasteiger partial charge in [-0.15, -0.1) is 10.2 Å². The van der Waals surface area contributed by atoms with Gasteiger partial charge >= 0.3 is 0 Å². The molecule has 5 rings (SSSR count). The molecule has 1 amide bonds. The van der Waals surface area contributed by atoms with Crippen molar-refractivity contribution in [1.29, 1.82) is 0 Å². The summed E-state index contributed by atoms with van der Waals surface area (Å²) in [7, 11) is 1.92. The van der Waals surface area contributed by atoms with Gasteiger partial charge in [0.1, 0.15) is 0 Å². The number of carbonyl (C=O) groups excluding carboxylic acids is 1. The lowest BCUT2D eigenvalue weighted by molar-refractivity contribution is -0.113. The molecule has 2 heterocycles. The summed E-state index contributed by atoms with van der Waals surface area (Å²) in [5, 5.41) is 13.5. The highest BCUT2D eigenvalue weighted by Gasteiger charge is 2.17. The van der Waals surface area contributed by atoms with Gasteiger partial charge in [-0.3, -0.25) is 4.79 Å². The average molecular weight is 466 g/mol. The predicted octanol–water partition coefficient (Wildman–Crippen LogP) is 5.74. The Labute approximate surface area is 202 Å². The molecular weight excluding hydrogens is 442 g/mol. The quantitative estimate of drug-likeness (QED) is 0.324. The Kier molecular flexibility index (Phi) is 6.10. The Hall–Kier alpha value is -3.97. The summed E-state index contributed by atoms with van der Waals surface area (Å²) >= 11 is 1.36. The van der Waals surface area contributed by atoms with Crippen LogP contribution in [-0.4, -0.2) is 31.4 Å². The van der Waals surface area contributed by atoms with Gasteiger partial charge in [0.15, 0.2) is 11.0 Å². The molecule has 0 aliphatic rings. The summed E-state index contributed by atoms with van der Waals surface area (Å²) in [6.07, 6.45) is 0. The Morgan fingerprint density at radius 3 is 2.50 bits per heavy atom. The van der Waals surface area contributed by atoms with E-state index in [9.17, 15) is 4.79 Å². The van der Waals surface area contributed by atoms with E-state index in [1.807, 2.05) is 97.4 Å². The van der Waals surface area contributed by atoms with E-state index in [1.54, 1.807) is 0 Å². The number of hydrogen-bond acceptors (Lipinski definition) is 5. The molecule has 0 spiro atoms. The minimum Gasteiger partial charge on any atom is -0.325 e. The van der Waals surface area contributed by atoms with Gasteiger partial charge in [-0.05, 0) is 30.7 Å². The molecule has 0 radical (unpaired) electrons. The average Bonchev–Trinajstić information content (AvgIpc) is 3.24. The summed E-state index contributed by atoms with van der Waals surface area (Å²) in [4.78, 5) is 17.4. The van der Waals surface area contributed by atoms with E-state index >= 15 is 0 Å². The molecule has 5 aromatic rings. The van der Waals surface area contributed by atoms with Crippen molar-refractivity contribution in [2.75, 3.05) is 11.1 Å². The van der Waals surface area contributed by atoms with Gasteiger partial charge in [0.2, 0.25) is 5.91 Å². The highest BCUT2D eigenvalue weighted by Crippen LogP contribution is 2.32. The predicted molar refractivity (Wildman–Crippen MR) is 138 cm³/mol. The standard InChI is InChI=1S/C27H23N5OS/c1-18-10-6-8-14-22(18)29-25(33)17-34-27-31-30-26(32(27)2)21-16-24(19-11-4-3-5-12-19)28-23-15-9-7-13-20(21)23/h3-16H,17H2,1-2H3,(H,29,33). The molecule has 0 unspecified atom stereocenters. The summed E-state index contributed by atoms with van der Waals surface area (Å²) in [5.41, 5.74) is 5.62. The maximum atomic E-state index is 12.5. The monoisotopic (exact) mass is 465 g/mol. The zero-order valence-electron chi connectivity index (χ0n) is 18.9. The number of anilines is 1. The highest BCUT2D eigenvalue weighted by atomic mass is 32.2. The van der Waals surface area contributed by atoms with Gasteiger partial charge in [-0.1, -0.05) is 78.5 Å². The largest absolute Gasteiger partial charge is 0.325 e. The van der Waals surface area contributed by atoms with Crippen molar-refractivity contribution in [3.63, 3.8) is 0 Å². The van der Waals surface area contributed by atoms with Gasteiger partial charge in [0.05, 0.1) is 17.0 Å². The van der Waals surface area contributed by atoms with Crippen LogP contribution < -0.4 is 5.32 Å². The molecule has 0 bridgehead atoms. The number of fused-ring (bicyclic) bond motifs is 1. The lowest BCUT2D eigenvalue weighted by Crippen LogP contribution is -2.15. The topological polar surface area (TPSA) is 72.7 Å². The van der Waals surface area contributed by atoms with Gasteiger partial charge in [0, 0.05) is 29.2 Å². The number of nitrogens with one attached hydrogen (secondary N) is 1. The number of pyridine rings is 1. The van der Waals surface area contributed by atoms with Gasteiger partial charge in [-0.25, -0.2) is 4.98 Å². The van der Waals surface area contributed by atoms with Crippen molar-refractivity contribution in [2.45, 2.75) is 12.1 Å². The first kappa shape index (κ1) is 21.9. The van der Waals surface area contributed by atoms with E-state index in [0.717, 1.165) is 44.8 Å². The number of rotatable bonds is 6. The van der Waals surface area contributed by atoms with E-state index in [-0.39, 0.29) is 11.7 Å². The Morgan fingerprint density at radius 2 is 1.68 bits per heavy atom. The van der Waals surface area contributed by atoms with Crippen LogP contribution in [0.4, 0.5) is 5.69 Å². The zero-order chi connectivity index (χ0) is 23.5. The summed E-state index contributed by atoms with van der Waals surface area (Å²) < 4.78 is 1.93. The number of aromatic nitrogens is 4. The van der Waals surface area contributed by atoms with Crippen molar-refractivity contribution in [3.8, 4) is 22.6 Å². The summed E-state index contributed by atoms with van der Waals surface area (Å²) in [5.74, 6) is 0.898. The Balaban J connectivity index is 1.43. The molecule has 0 atom stereocenters. The number of carbonyl (C=O) groups is 1. The molecule has 0 aliphatic carbocycles. The fraction of sp³-hybridized carbons (Fsp3) is 0.111. The van der Waals surface area contributed by atoms with E-state index in [1.165, 1.54) is 11.8 Å². The molecule has 7 heteroatoms. The lowest BCUT2D eigenvalue weighted by Gasteiger charge is -2.10. The van der Waals surface area contributed by atoms with Gasteiger partial charge < -0.3 is 9.88 Å². The van der Waals surface area contributed by atoms with Crippen LogP contribution in [0, 0.1) is 6.92 Å². The molecule has 1 N–H and O–H groups in total. The second kappa shape index (κ2) is 9.49. The zero-order valence-corrected chi connectivity index (χ0v) is 19.7. The van der Waals surface area contributed by atoms with Crippen LogP contribution in [0.25, 0.3) is 33.5 Å². The third-order valence-electron chi connectivity index (χ3n) is 5.61. The molecular formula is C27H23N5OS. The number of nitrogens with zero attached hydrogens (tertiary/aromatic N) is 4. The van der Waals surface area contributed by atoms with E-state index in [0.29, 0.717) is 5.16 Å². The molecule has 0 fully saturated rings. The Bertz CT molecular complexity index is 1480. The van der Waals surface area contributed by atoms with Crippen LogP contribution in [0.1, 0.15) is 5.56 Å². The molecule has 2 aromatic heterocycles. The van der Waals surface area contributed by atoms with Crippen LogP contribution in [-0.2, 0) is 11.8 Å². The minimum absolute atomic E-state index is 0.0791. The molecule has 6 nitrogen and oxygen atoms in total. The Morgan fingerprint density at radius 1 is 0.941 bits per heavy atom. The van der Waals surface area contributed by atoms with Crippen molar-refractivity contribution in [1.82, 2.24) is 19.7 Å². The lowest BCUT2D eigenvalue weighted by atomic mass is 10.0. The van der Waals surface area contributed by atoms with Crippen molar-refractivity contribution in [2.24, 2.45) is 7.05 Å². The molecule has 3 aromatic carbocycles. The minimum atomic E-state index is -0.0791. The summed E-state index contributed by atoms with van der Waals surface area (Å²) in [6, 6.07) is 27.9. The molecule has 34 heavy (non-hydrogen) atoms. The third-order valence-corrected chi connectivity index (χ3v) is 6.63. The normalized spacial score (nSPS) is 11.0. The smallest absolute Gasteiger partial charge is 0.234 e. The number of aryl methyl sites for hydroxylation is 1. The number of hydrogen-bond donors (Lipinski definition) is 1. The SMILES string of the molecule is Cc1ccccc1NC(=O)CSc1nnc(-c2cc(-c3ccccc3)nc3ccccc23)n1C. The second-order valence-electron chi connectivity index (χ2n) is 7.96. The van der Waals surface area contributed by atoms with Crippen LogP contribution in [0.15, 0.2) is 90.1 Å². The van der Waals surface area contributed by atoms with E-state index < -0.39 is 0 Å².